The molecule has 144 valence electrons. The van der Waals surface area contributed by atoms with Gasteiger partial charge in [-0.25, -0.2) is 0 Å². The van der Waals surface area contributed by atoms with Crippen molar-refractivity contribution in [3.8, 4) is 0 Å². The maximum atomic E-state index is 13.0. The molecule has 2 aromatic heterocycles. The molecule has 3 aromatic rings. The fourth-order valence-corrected chi connectivity index (χ4v) is 5.18. The topological polar surface area (TPSA) is 49.4 Å². The average molecular weight is 411 g/mol. The highest BCUT2D eigenvalue weighted by Crippen LogP contribution is 2.38. The number of amides is 2. The van der Waals surface area contributed by atoms with Crippen molar-refractivity contribution in [3.05, 3.63) is 80.2 Å². The summed E-state index contributed by atoms with van der Waals surface area (Å²) < 4.78 is 0. The molecule has 1 N–H and O–H groups in total. The third-order valence-corrected chi connectivity index (χ3v) is 6.88. The fraction of sp³-hybridized carbons (Fsp3) is 0.273. The Balaban J connectivity index is 1.42. The van der Waals surface area contributed by atoms with Gasteiger partial charge in [-0.05, 0) is 40.4 Å². The second-order valence-corrected chi connectivity index (χ2v) is 8.84. The van der Waals surface area contributed by atoms with E-state index in [1.807, 2.05) is 40.6 Å². The Kier molecular flexibility index (Phi) is 5.88. The first-order valence-corrected chi connectivity index (χ1v) is 11.2. The van der Waals surface area contributed by atoms with Crippen molar-refractivity contribution >= 4 is 34.5 Å². The average Bonchev–Trinajstić information content (AvgIpc) is 3.42. The maximum absolute atomic E-state index is 13.0. The predicted octanol–water partition coefficient (Wildman–Crippen LogP) is 4.38. The van der Waals surface area contributed by atoms with Gasteiger partial charge in [0.15, 0.2) is 0 Å². The molecule has 2 amide bonds. The number of hydrogen-bond acceptors (Lipinski definition) is 4. The van der Waals surface area contributed by atoms with Crippen LogP contribution in [0.5, 0.6) is 0 Å². The summed E-state index contributed by atoms with van der Waals surface area (Å²) in [7, 11) is 0. The second-order valence-electron chi connectivity index (χ2n) is 6.81. The Hall–Kier alpha value is -2.44. The molecule has 1 aliphatic heterocycles. The highest BCUT2D eigenvalue weighted by atomic mass is 32.1. The van der Waals surface area contributed by atoms with E-state index in [1.54, 1.807) is 22.7 Å². The van der Waals surface area contributed by atoms with Crippen molar-refractivity contribution in [3.63, 3.8) is 0 Å². The van der Waals surface area contributed by atoms with Gasteiger partial charge >= 0.3 is 0 Å². The van der Waals surface area contributed by atoms with E-state index in [1.165, 1.54) is 10.4 Å². The summed E-state index contributed by atoms with van der Waals surface area (Å²) in [4.78, 5) is 29.6. The van der Waals surface area contributed by atoms with Crippen molar-refractivity contribution in [2.75, 3.05) is 6.54 Å². The summed E-state index contributed by atoms with van der Waals surface area (Å²) in [6.45, 7) is 1.22. The lowest BCUT2D eigenvalue weighted by Gasteiger charge is -2.36. The van der Waals surface area contributed by atoms with E-state index in [0.29, 0.717) is 13.1 Å². The lowest BCUT2D eigenvalue weighted by atomic mass is 9.93. The summed E-state index contributed by atoms with van der Waals surface area (Å²) in [5.74, 6) is -0.0387. The number of nitrogens with zero attached hydrogens (tertiary/aromatic N) is 1. The summed E-state index contributed by atoms with van der Waals surface area (Å²) in [5.41, 5.74) is 2.34. The van der Waals surface area contributed by atoms with E-state index >= 15 is 0 Å². The number of carbonyl (C=O) groups excluding carboxylic acids is 2. The Bertz CT molecular complexity index is 935. The minimum atomic E-state index is -0.0776. The highest BCUT2D eigenvalue weighted by Gasteiger charge is 2.32. The molecule has 28 heavy (non-hydrogen) atoms. The molecule has 3 heterocycles. The third-order valence-electron chi connectivity index (χ3n) is 5.01. The molecule has 1 aliphatic rings. The summed E-state index contributed by atoms with van der Waals surface area (Å²) in [6, 6.07) is 16.2. The summed E-state index contributed by atoms with van der Waals surface area (Å²) >= 11 is 3.38. The van der Waals surface area contributed by atoms with Crippen LogP contribution in [0.3, 0.4) is 0 Å². The van der Waals surface area contributed by atoms with Crippen LogP contribution in [0.25, 0.3) is 0 Å². The summed E-state index contributed by atoms with van der Waals surface area (Å²) in [5, 5.41) is 6.99. The van der Waals surface area contributed by atoms with Crippen LogP contribution < -0.4 is 5.32 Å². The molecule has 0 spiro atoms. The van der Waals surface area contributed by atoms with Crippen molar-refractivity contribution in [2.24, 2.45) is 0 Å². The van der Waals surface area contributed by atoms with Gasteiger partial charge in [0.25, 0.3) is 0 Å². The zero-order valence-corrected chi connectivity index (χ0v) is 17.1. The molecule has 0 saturated heterocycles. The van der Waals surface area contributed by atoms with Crippen molar-refractivity contribution in [1.82, 2.24) is 10.2 Å². The number of rotatable bonds is 6. The molecule has 1 aromatic carbocycles. The fourth-order valence-electron chi connectivity index (χ4n) is 3.63. The van der Waals surface area contributed by atoms with Crippen LogP contribution in [0.4, 0.5) is 0 Å². The van der Waals surface area contributed by atoms with Gasteiger partial charge in [-0.2, -0.15) is 0 Å². The minimum absolute atomic E-state index is 0.0389. The first-order chi connectivity index (χ1) is 13.7. The van der Waals surface area contributed by atoms with Crippen LogP contribution >= 0.6 is 22.7 Å². The molecule has 1 unspecified atom stereocenters. The Morgan fingerprint density at radius 2 is 1.86 bits per heavy atom. The quantitative estimate of drug-likeness (QED) is 0.656. The van der Waals surface area contributed by atoms with E-state index in [2.05, 4.69) is 28.9 Å². The van der Waals surface area contributed by atoms with Crippen molar-refractivity contribution in [1.29, 1.82) is 0 Å². The predicted molar refractivity (Wildman–Crippen MR) is 113 cm³/mol. The molecule has 1 atom stereocenters. The normalized spacial score (nSPS) is 15.9. The van der Waals surface area contributed by atoms with Crippen molar-refractivity contribution in [2.45, 2.75) is 31.8 Å². The van der Waals surface area contributed by atoms with Gasteiger partial charge in [0.1, 0.15) is 0 Å². The van der Waals surface area contributed by atoms with E-state index in [-0.39, 0.29) is 30.7 Å². The van der Waals surface area contributed by atoms with Crippen LogP contribution in [0.15, 0.2) is 59.3 Å². The number of benzene rings is 1. The zero-order valence-electron chi connectivity index (χ0n) is 15.5. The molecular formula is C22H22N2O2S2. The van der Waals surface area contributed by atoms with Gasteiger partial charge in [-0.3, -0.25) is 9.59 Å². The molecule has 6 heteroatoms. The maximum Gasteiger partial charge on any atom is 0.223 e. The monoisotopic (exact) mass is 410 g/mol. The van der Waals surface area contributed by atoms with E-state index < -0.39 is 0 Å². The largest absolute Gasteiger partial charge is 0.351 e. The number of thiophene rings is 2. The molecule has 0 saturated carbocycles. The van der Waals surface area contributed by atoms with Crippen LogP contribution in [0, 0.1) is 0 Å². The van der Waals surface area contributed by atoms with Gasteiger partial charge in [0.2, 0.25) is 11.8 Å². The van der Waals surface area contributed by atoms with Crippen LogP contribution in [-0.4, -0.2) is 23.3 Å². The van der Waals surface area contributed by atoms with E-state index in [9.17, 15) is 9.59 Å². The first-order valence-electron chi connectivity index (χ1n) is 9.42. The molecule has 4 nitrogen and oxygen atoms in total. The Labute approximate surface area is 172 Å². The third kappa shape index (κ3) is 4.18. The SMILES string of the molecule is O=C(CCC(=O)N1CCc2sccc2C1c1ccccc1)NCc1cccs1. The number of fused-ring (bicyclic) bond motifs is 1. The standard InChI is InChI=1S/C22H22N2O2S2/c25-20(23-15-17-7-4-13-27-17)8-9-21(26)24-12-10-19-18(11-14-28-19)22(24)16-5-2-1-3-6-16/h1-7,11,13-14,22H,8-10,12,15H2,(H,23,25). The first kappa shape index (κ1) is 18.9. The molecular weight excluding hydrogens is 388 g/mol. The number of nitrogens with one attached hydrogen (secondary N) is 1. The van der Waals surface area contributed by atoms with Gasteiger partial charge in [-0.1, -0.05) is 36.4 Å². The molecule has 4 rings (SSSR count). The van der Waals surface area contributed by atoms with Crippen LogP contribution in [0.1, 0.15) is 39.8 Å². The van der Waals surface area contributed by atoms with Gasteiger partial charge in [0, 0.05) is 29.1 Å². The van der Waals surface area contributed by atoms with Crippen LogP contribution in [0.2, 0.25) is 0 Å². The Morgan fingerprint density at radius 1 is 1.00 bits per heavy atom. The van der Waals surface area contributed by atoms with Gasteiger partial charge in [-0.15, -0.1) is 22.7 Å². The lowest BCUT2D eigenvalue weighted by molar-refractivity contribution is -0.135. The van der Waals surface area contributed by atoms with Gasteiger partial charge < -0.3 is 10.2 Å². The second kappa shape index (κ2) is 8.71. The highest BCUT2D eigenvalue weighted by molar-refractivity contribution is 7.10. The lowest BCUT2D eigenvalue weighted by Crippen LogP contribution is -2.40. The number of carbonyl (C=O) groups is 2. The summed E-state index contributed by atoms with van der Waals surface area (Å²) in [6.07, 6.45) is 1.34. The minimum Gasteiger partial charge on any atom is -0.351 e. The van der Waals surface area contributed by atoms with E-state index in [4.69, 9.17) is 0 Å². The molecule has 0 radical (unpaired) electrons. The van der Waals surface area contributed by atoms with Crippen molar-refractivity contribution < 1.29 is 9.59 Å². The number of hydrogen-bond donors (Lipinski definition) is 1. The zero-order chi connectivity index (χ0) is 19.3. The molecule has 0 bridgehead atoms. The molecule has 0 fully saturated rings. The van der Waals surface area contributed by atoms with Gasteiger partial charge in [0.05, 0.1) is 12.6 Å². The Morgan fingerprint density at radius 3 is 2.64 bits per heavy atom. The smallest absolute Gasteiger partial charge is 0.223 e. The van der Waals surface area contributed by atoms with Crippen LogP contribution in [-0.2, 0) is 22.6 Å². The van der Waals surface area contributed by atoms with E-state index in [0.717, 1.165) is 16.9 Å². The molecule has 0 aliphatic carbocycles.